The van der Waals surface area contributed by atoms with E-state index in [9.17, 15) is 34.5 Å². The van der Waals surface area contributed by atoms with E-state index >= 15 is 0 Å². The largest absolute Gasteiger partial charge is 0.508 e. The number of phenols is 1. The molecule has 214 valence electrons. The fourth-order valence-electron chi connectivity index (χ4n) is 3.75. The van der Waals surface area contributed by atoms with Crippen molar-refractivity contribution in [1.29, 1.82) is 0 Å². The minimum absolute atomic E-state index is 0.0570. The first-order valence-electron chi connectivity index (χ1n) is 12.5. The van der Waals surface area contributed by atoms with Gasteiger partial charge in [0.2, 0.25) is 17.7 Å². The van der Waals surface area contributed by atoms with Crippen LogP contribution in [0.3, 0.4) is 0 Å². The number of carbonyl (C=O) groups excluding carboxylic acids is 3. The predicted molar refractivity (Wildman–Crippen MR) is 140 cm³/mol. The van der Waals surface area contributed by atoms with E-state index in [2.05, 4.69) is 25.9 Å². The highest BCUT2D eigenvalue weighted by molar-refractivity contribution is 5.94. The molecule has 14 heteroatoms. The van der Waals surface area contributed by atoms with Crippen molar-refractivity contribution < 1.29 is 34.5 Å². The average molecular weight is 548 g/mol. The number of carbonyl (C=O) groups is 4. The minimum Gasteiger partial charge on any atom is -0.508 e. The summed E-state index contributed by atoms with van der Waals surface area (Å²) in [5, 5.41) is 36.5. The first-order valence-corrected chi connectivity index (χ1v) is 12.5. The number of nitrogens with one attached hydrogen (secondary N) is 4. The van der Waals surface area contributed by atoms with Crippen LogP contribution >= 0.6 is 0 Å². The van der Waals surface area contributed by atoms with Gasteiger partial charge >= 0.3 is 5.97 Å². The Morgan fingerprint density at radius 1 is 0.974 bits per heavy atom. The average Bonchev–Trinajstić information content (AvgIpc) is 3.40. The second-order valence-electron chi connectivity index (χ2n) is 9.23. The van der Waals surface area contributed by atoms with Crippen LogP contribution < -0.4 is 27.4 Å². The zero-order valence-electron chi connectivity index (χ0n) is 21.7. The molecule has 0 fully saturated rings. The van der Waals surface area contributed by atoms with E-state index in [0.29, 0.717) is 30.6 Å². The number of phenolic OH excluding ortho intramolecular Hbond substituents is 1. The van der Waals surface area contributed by atoms with Crippen LogP contribution in [0.25, 0.3) is 0 Å². The number of unbranched alkanes of at least 4 members (excludes halogenated alkanes) is 1. The molecule has 1 aromatic carbocycles. The quantitative estimate of drug-likeness (QED) is 0.108. The molecule has 0 saturated carbocycles. The van der Waals surface area contributed by atoms with Crippen molar-refractivity contribution in [1.82, 2.24) is 25.9 Å². The summed E-state index contributed by atoms with van der Waals surface area (Å²) in [7, 11) is 0. The molecule has 5 atom stereocenters. The van der Waals surface area contributed by atoms with Crippen LogP contribution in [0.4, 0.5) is 0 Å². The number of carboxylic acids is 1. The van der Waals surface area contributed by atoms with Gasteiger partial charge in [0, 0.05) is 18.3 Å². The van der Waals surface area contributed by atoms with Crippen molar-refractivity contribution in [3.8, 4) is 5.75 Å². The van der Waals surface area contributed by atoms with Crippen molar-refractivity contribution in [2.24, 2.45) is 11.5 Å². The van der Waals surface area contributed by atoms with Crippen LogP contribution in [-0.2, 0) is 32.0 Å². The molecule has 11 N–H and O–H groups in total. The molecule has 2 rings (SSSR count). The van der Waals surface area contributed by atoms with E-state index < -0.39 is 54.0 Å². The standard InChI is InChI=1S/C25H37N7O7/c1-14(33)21(32-22(35)18(27)10-15-5-7-17(34)8-6-15)24(37)31-20(11-16-12-28-13-29-16)23(36)30-19(25(38)39)4-2-3-9-26/h5-8,12-14,18-21,33-34H,2-4,9-11,26-27H2,1H3,(H,28,29)(H,30,36)(H,31,37)(H,32,35)(H,38,39). The molecule has 1 aromatic heterocycles. The van der Waals surface area contributed by atoms with Crippen molar-refractivity contribution in [2.45, 2.75) is 69.3 Å². The molecule has 39 heavy (non-hydrogen) atoms. The molecule has 0 radical (unpaired) electrons. The normalized spacial score (nSPS) is 14.9. The third-order valence-corrected chi connectivity index (χ3v) is 5.96. The van der Waals surface area contributed by atoms with Gasteiger partial charge in [-0.3, -0.25) is 14.4 Å². The molecule has 14 nitrogen and oxygen atoms in total. The second kappa shape index (κ2) is 15.4. The Kier molecular flexibility index (Phi) is 12.3. The highest BCUT2D eigenvalue weighted by atomic mass is 16.4. The molecule has 0 saturated heterocycles. The van der Waals surface area contributed by atoms with Crippen LogP contribution in [0.1, 0.15) is 37.4 Å². The Hall–Kier alpha value is -4.01. The molecule has 1 heterocycles. The number of hydrogen-bond acceptors (Lipinski definition) is 9. The summed E-state index contributed by atoms with van der Waals surface area (Å²) in [4.78, 5) is 57.3. The Balaban J connectivity index is 2.12. The van der Waals surface area contributed by atoms with E-state index in [4.69, 9.17) is 11.5 Å². The lowest BCUT2D eigenvalue weighted by molar-refractivity contribution is -0.142. The topological polar surface area (TPSA) is 246 Å². The summed E-state index contributed by atoms with van der Waals surface area (Å²) >= 11 is 0. The molecule has 0 bridgehead atoms. The molecule has 0 aliphatic heterocycles. The molecular formula is C25H37N7O7. The van der Waals surface area contributed by atoms with Gasteiger partial charge in [0.25, 0.3) is 0 Å². The van der Waals surface area contributed by atoms with Gasteiger partial charge < -0.3 is 47.7 Å². The molecule has 3 amide bonds. The first-order chi connectivity index (χ1) is 18.5. The van der Waals surface area contributed by atoms with Gasteiger partial charge in [-0.2, -0.15) is 0 Å². The smallest absolute Gasteiger partial charge is 0.326 e. The van der Waals surface area contributed by atoms with E-state index in [0.717, 1.165) is 0 Å². The van der Waals surface area contributed by atoms with Crippen LogP contribution in [0.2, 0.25) is 0 Å². The number of H-pyrrole nitrogens is 1. The Labute approximate surface area is 225 Å². The molecule has 2 aromatic rings. The Bertz CT molecular complexity index is 1080. The van der Waals surface area contributed by atoms with Crippen molar-refractivity contribution >= 4 is 23.7 Å². The fraction of sp³-hybridized carbons (Fsp3) is 0.480. The van der Waals surface area contributed by atoms with Gasteiger partial charge in [0.15, 0.2) is 0 Å². The SMILES string of the molecule is CC(O)C(NC(=O)C(N)Cc1ccc(O)cc1)C(=O)NC(Cc1cnc[nH]1)C(=O)NC(CCCCN)C(=O)O. The number of aliphatic carboxylic acids is 1. The van der Waals surface area contributed by atoms with E-state index in [-0.39, 0.29) is 25.0 Å². The fourth-order valence-corrected chi connectivity index (χ4v) is 3.75. The van der Waals surface area contributed by atoms with Gasteiger partial charge in [0.1, 0.15) is 23.9 Å². The number of imidazole rings is 1. The number of hydrogen-bond donors (Lipinski definition) is 9. The summed E-state index contributed by atoms with van der Waals surface area (Å²) in [6.07, 6.45) is 2.72. The highest BCUT2D eigenvalue weighted by Gasteiger charge is 2.32. The van der Waals surface area contributed by atoms with E-state index in [1.165, 1.54) is 31.6 Å². The number of carboxylic acid groups (broad SMARTS) is 1. The number of nitrogens with two attached hydrogens (primary N) is 2. The maximum absolute atomic E-state index is 13.1. The first kappa shape index (κ1) is 31.2. The summed E-state index contributed by atoms with van der Waals surface area (Å²) in [6.45, 7) is 1.67. The monoisotopic (exact) mass is 547 g/mol. The lowest BCUT2D eigenvalue weighted by Gasteiger charge is -2.26. The van der Waals surface area contributed by atoms with Gasteiger partial charge in [0.05, 0.1) is 18.5 Å². The lowest BCUT2D eigenvalue weighted by atomic mass is 10.0. The number of aliphatic hydroxyl groups excluding tert-OH is 1. The van der Waals surface area contributed by atoms with E-state index in [1.54, 1.807) is 12.1 Å². The van der Waals surface area contributed by atoms with Crippen molar-refractivity contribution in [3.05, 3.63) is 48.0 Å². The number of benzene rings is 1. The number of nitrogens with zero attached hydrogens (tertiary/aromatic N) is 1. The number of aromatic nitrogens is 2. The zero-order valence-corrected chi connectivity index (χ0v) is 21.7. The second-order valence-corrected chi connectivity index (χ2v) is 9.23. The summed E-state index contributed by atoms with van der Waals surface area (Å²) in [5.74, 6) is -3.53. The molecule has 0 aliphatic rings. The number of aromatic hydroxyl groups is 1. The van der Waals surface area contributed by atoms with Gasteiger partial charge in [-0.1, -0.05) is 12.1 Å². The molecule has 0 aliphatic carbocycles. The van der Waals surface area contributed by atoms with Crippen molar-refractivity contribution in [3.63, 3.8) is 0 Å². The van der Waals surface area contributed by atoms with E-state index in [1.807, 2.05) is 0 Å². The summed E-state index contributed by atoms with van der Waals surface area (Å²) in [5.41, 5.74) is 12.6. The van der Waals surface area contributed by atoms with Crippen LogP contribution in [0.15, 0.2) is 36.8 Å². The summed E-state index contributed by atoms with van der Waals surface area (Å²) < 4.78 is 0. The zero-order chi connectivity index (χ0) is 28.9. The lowest BCUT2D eigenvalue weighted by Crippen LogP contribution is -2.60. The number of aliphatic hydroxyl groups is 1. The highest BCUT2D eigenvalue weighted by Crippen LogP contribution is 2.11. The maximum Gasteiger partial charge on any atom is 0.326 e. The minimum atomic E-state index is -1.46. The molecule has 5 unspecified atom stereocenters. The number of aromatic amines is 1. The van der Waals surface area contributed by atoms with Gasteiger partial charge in [-0.25, -0.2) is 9.78 Å². The Morgan fingerprint density at radius 3 is 2.21 bits per heavy atom. The Morgan fingerprint density at radius 2 is 1.64 bits per heavy atom. The molecular weight excluding hydrogens is 510 g/mol. The van der Waals surface area contributed by atoms with Gasteiger partial charge in [-0.15, -0.1) is 0 Å². The predicted octanol–water partition coefficient (Wildman–Crippen LogP) is -1.72. The van der Waals surface area contributed by atoms with Crippen LogP contribution in [-0.4, -0.2) is 85.8 Å². The third kappa shape index (κ3) is 10.3. The van der Waals surface area contributed by atoms with Gasteiger partial charge in [-0.05, 0) is 56.8 Å². The number of rotatable bonds is 16. The molecule has 0 spiro atoms. The van der Waals surface area contributed by atoms with Crippen molar-refractivity contribution in [2.75, 3.05) is 6.54 Å². The summed E-state index contributed by atoms with van der Waals surface area (Å²) in [6, 6.07) is 1.11. The number of amides is 3. The third-order valence-electron chi connectivity index (χ3n) is 5.96. The van der Waals surface area contributed by atoms with Crippen LogP contribution in [0, 0.1) is 0 Å². The van der Waals surface area contributed by atoms with Crippen LogP contribution in [0.5, 0.6) is 5.75 Å². The maximum atomic E-state index is 13.1.